The van der Waals surface area contributed by atoms with Crippen LogP contribution in [0.3, 0.4) is 0 Å². The lowest BCUT2D eigenvalue weighted by Crippen LogP contribution is -2.35. The van der Waals surface area contributed by atoms with Crippen molar-refractivity contribution in [1.29, 1.82) is 0 Å². The Morgan fingerprint density at radius 2 is 2.00 bits per heavy atom. The first kappa shape index (κ1) is 16.5. The van der Waals surface area contributed by atoms with Crippen molar-refractivity contribution >= 4 is 0 Å². The number of hydrogen-bond donors (Lipinski definition) is 2. The minimum Gasteiger partial charge on any atom is -0.491 e. The molecule has 1 aromatic heterocycles. The molecule has 0 aliphatic heterocycles. The predicted octanol–water partition coefficient (Wildman–Crippen LogP) is 1.71. The van der Waals surface area contributed by atoms with Gasteiger partial charge < -0.3 is 19.7 Å². The average molecular weight is 305 g/mol. The first-order chi connectivity index (χ1) is 10.5. The van der Waals surface area contributed by atoms with E-state index in [2.05, 4.69) is 15.5 Å². The summed E-state index contributed by atoms with van der Waals surface area (Å²) in [7, 11) is 0. The fourth-order valence-electron chi connectivity index (χ4n) is 1.92. The first-order valence-electron chi connectivity index (χ1n) is 7.45. The van der Waals surface area contributed by atoms with E-state index in [4.69, 9.17) is 9.26 Å². The molecule has 0 aliphatic carbocycles. The molecule has 0 saturated heterocycles. The summed E-state index contributed by atoms with van der Waals surface area (Å²) in [4.78, 5) is 4.17. The summed E-state index contributed by atoms with van der Waals surface area (Å²) in [5, 5.41) is 16.8. The van der Waals surface area contributed by atoms with Crippen LogP contribution in [0.5, 0.6) is 5.75 Å². The number of nitrogens with one attached hydrogen (secondary N) is 1. The highest BCUT2D eigenvalue weighted by molar-refractivity contribution is 5.28. The Hall–Kier alpha value is -1.92. The third kappa shape index (κ3) is 5.46. The summed E-state index contributed by atoms with van der Waals surface area (Å²) in [6.07, 6.45) is 0.0998. The largest absolute Gasteiger partial charge is 0.491 e. The van der Waals surface area contributed by atoms with Crippen LogP contribution >= 0.6 is 0 Å². The molecule has 2 aromatic rings. The Bertz CT molecular complexity index is 566. The van der Waals surface area contributed by atoms with Gasteiger partial charge in [0.1, 0.15) is 18.5 Å². The molecule has 0 saturated carbocycles. The predicted molar refractivity (Wildman–Crippen MR) is 82.9 cm³/mol. The van der Waals surface area contributed by atoms with Gasteiger partial charge in [0.15, 0.2) is 5.82 Å². The molecule has 0 fully saturated rings. The van der Waals surface area contributed by atoms with Crippen LogP contribution in [0.25, 0.3) is 0 Å². The second kappa shape index (κ2) is 7.91. The fourth-order valence-corrected chi connectivity index (χ4v) is 1.92. The van der Waals surface area contributed by atoms with Crippen LogP contribution in [0.1, 0.15) is 31.1 Å². The number of aliphatic hydroxyl groups is 1. The smallest absolute Gasteiger partial charge is 0.223 e. The molecule has 0 radical (unpaired) electrons. The normalized spacial score (nSPS) is 12.6. The molecular weight excluding hydrogens is 282 g/mol. The fraction of sp³-hybridized carbons (Fsp3) is 0.500. The van der Waals surface area contributed by atoms with Gasteiger partial charge in [0.2, 0.25) is 5.89 Å². The number of aromatic nitrogens is 2. The zero-order valence-corrected chi connectivity index (χ0v) is 13.2. The quantitative estimate of drug-likeness (QED) is 0.773. The van der Waals surface area contributed by atoms with E-state index < -0.39 is 6.10 Å². The SMILES string of the molecule is Cc1nc(Cc2ccc(OCC(O)CNC(C)C)cc2)no1. The van der Waals surface area contributed by atoms with Gasteiger partial charge in [0, 0.05) is 25.9 Å². The third-order valence-corrected chi connectivity index (χ3v) is 3.06. The Morgan fingerprint density at radius 3 is 2.59 bits per heavy atom. The van der Waals surface area contributed by atoms with Crippen molar-refractivity contribution in [2.45, 2.75) is 39.3 Å². The number of nitrogens with zero attached hydrogens (tertiary/aromatic N) is 2. The molecule has 1 heterocycles. The molecule has 6 heteroatoms. The molecule has 2 N–H and O–H groups in total. The molecule has 0 amide bonds. The van der Waals surface area contributed by atoms with Gasteiger partial charge in [0.05, 0.1) is 0 Å². The molecule has 1 aromatic carbocycles. The Kier molecular flexibility index (Phi) is 5.91. The molecule has 0 spiro atoms. The van der Waals surface area contributed by atoms with Crippen LogP contribution in [-0.2, 0) is 6.42 Å². The molecule has 1 atom stereocenters. The maximum atomic E-state index is 9.80. The van der Waals surface area contributed by atoms with Gasteiger partial charge in [0.25, 0.3) is 0 Å². The van der Waals surface area contributed by atoms with Gasteiger partial charge >= 0.3 is 0 Å². The van der Waals surface area contributed by atoms with E-state index in [9.17, 15) is 5.11 Å². The minimum absolute atomic E-state index is 0.267. The number of benzene rings is 1. The summed E-state index contributed by atoms with van der Waals surface area (Å²) in [6, 6.07) is 8.03. The van der Waals surface area contributed by atoms with Gasteiger partial charge in [-0.05, 0) is 17.7 Å². The lowest BCUT2D eigenvalue weighted by atomic mass is 10.1. The third-order valence-electron chi connectivity index (χ3n) is 3.06. The van der Waals surface area contributed by atoms with E-state index in [1.165, 1.54) is 0 Å². The molecular formula is C16H23N3O3. The summed E-state index contributed by atoms with van der Waals surface area (Å²) in [6.45, 7) is 6.64. The van der Waals surface area contributed by atoms with Crippen molar-refractivity contribution in [1.82, 2.24) is 15.5 Å². The second-order valence-electron chi connectivity index (χ2n) is 5.58. The Labute approximate surface area is 130 Å². The highest BCUT2D eigenvalue weighted by Gasteiger charge is 2.07. The highest BCUT2D eigenvalue weighted by Crippen LogP contribution is 2.14. The highest BCUT2D eigenvalue weighted by atomic mass is 16.5. The maximum Gasteiger partial charge on any atom is 0.223 e. The number of aryl methyl sites for hydroxylation is 1. The standard InChI is InChI=1S/C16H23N3O3/c1-11(2)17-9-14(20)10-21-15-6-4-13(5-7-15)8-16-18-12(3)22-19-16/h4-7,11,14,17,20H,8-10H2,1-3H3. The van der Waals surface area contributed by atoms with Crippen LogP contribution in [0.4, 0.5) is 0 Å². The van der Waals surface area contributed by atoms with Gasteiger partial charge in [-0.1, -0.05) is 31.1 Å². The summed E-state index contributed by atoms with van der Waals surface area (Å²) in [5.74, 6) is 1.97. The summed E-state index contributed by atoms with van der Waals surface area (Å²) < 4.78 is 10.5. The van der Waals surface area contributed by atoms with E-state index in [0.717, 1.165) is 11.3 Å². The molecule has 6 nitrogen and oxygen atoms in total. The Balaban J connectivity index is 1.79. The van der Waals surface area contributed by atoms with Crippen LogP contribution in [0.2, 0.25) is 0 Å². The summed E-state index contributed by atoms with van der Waals surface area (Å²) in [5.41, 5.74) is 1.08. The number of hydrogen-bond acceptors (Lipinski definition) is 6. The van der Waals surface area contributed by atoms with Crippen LogP contribution in [-0.4, -0.2) is 40.5 Å². The monoisotopic (exact) mass is 305 g/mol. The van der Waals surface area contributed by atoms with Crippen molar-refractivity contribution in [3.63, 3.8) is 0 Å². The van der Waals surface area contributed by atoms with Gasteiger partial charge in [-0.2, -0.15) is 4.98 Å². The molecule has 0 aliphatic rings. The lowest BCUT2D eigenvalue weighted by Gasteiger charge is -2.15. The van der Waals surface area contributed by atoms with Crippen molar-refractivity contribution in [3.8, 4) is 5.75 Å². The molecule has 2 rings (SSSR count). The average Bonchev–Trinajstić information content (AvgIpc) is 2.89. The van der Waals surface area contributed by atoms with Crippen LogP contribution in [0, 0.1) is 6.92 Å². The van der Waals surface area contributed by atoms with Gasteiger partial charge in [-0.15, -0.1) is 0 Å². The minimum atomic E-state index is -0.524. The second-order valence-corrected chi connectivity index (χ2v) is 5.58. The van der Waals surface area contributed by atoms with Crippen molar-refractivity contribution in [3.05, 3.63) is 41.5 Å². The first-order valence-corrected chi connectivity index (χ1v) is 7.45. The zero-order valence-electron chi connectivity index (χ0n) is 13.2. The van der Waals surface area contributed by atoms with Gasteiger partial charge in [-0.3, -0.25) is 0 Å². The molecule has 0 bridgehead atoms. The Morgan fingerprint density at radius 1 is 1.27 bits per heavy atom. The van der Waals surface area contributed by atoms with E-state index in [0.29, 0.717) is 30.7 Å². The van der Waals surface area contributed by atoms with Crippen molar-refractivity contribution < 1.29 is 14.4 Å². The molecule has 22 heavy (non-hydrogen) atoms. The lowest BCUT2D eigenvalue weighted by molar-refractivity contribution is 0.104. The summed E-state index contributed by atoms with van der Waals surface area (Å²) >= 11 is 0. The zero-order chi connectivity index (χ0) is 15.9. The van der Waals surface area contributed by atoms with Crippen LogP contribution < -0.4 is 10.1 Å². The topological polar surface area (TPSA) is 80.4 Å². The van der Waals surface area contributed by atoms with E-state index in [-0.39, 0.29) is 6.61 Å². The van der Waals surface area contributed by atoms with E-state index >= 15 is 0 Å². The van der Waals surface area contributed by atoms with E-state index in [1.54, 1.807) is 6.92 Å². The molecule has 120 valence electrons. The van der Waals surface area contributed by atoms with Gasteiger partial charge in [-0.25, -0.2) is 0 Å². The van der Waals surface area contributed by atoms with Crippen molar-refractivity contribution in [2.24, 2.45) is 0 Å². The molecule has 1 unspecified atom stereocenters. The number of aliphatic hydroxyl groups excluding tert-OH is 1. The number of ether oxygens (including phenoxy) is 1. The van der Waals surface area contributed by atoms with E-state index in [1.807, 2.05) is 38.1 Å². The van der Waals surface area contributed by atoms with Crippen LogP contribution in [0.15, 0.2) is 28.8 Å². The van der Waals surface area contributed by atoms with Crippen molar-refractivity contribution in [2.75, 3.05) is 13.2 Å². The number of rotatable bonds is 8. The maximum absolute atomic E-state index is 9.80.